The fourth-order valence-electron chi connectivity index (χ4n) is 2.82. The van der Waals surface area contributed by atoms with Crippen molar-refractivity contribution in [3.63, 3.8) is 0 Å². The van der Waals surface area contributed by atoms with Crippen molar-refractivity contribution >= 4 is 18.0 Å². The van der Waals surface area contributed by atoms with Crippen molar-refractivity contribution in [3.8, 4) is 0 Å². The number of benzene rings is 3. The average molecular weight is 334 g/mol. The summed E-state index contributed by atoms with van der Waals surface area (Å²) in [6.45, 7) is 0. The molecular formula is C20H18N2OS. The lowest BCUT2D eigenvalue weighted by Crippen LogP contribution is -2.33. The molecule has 0 saturated heterocycles. The van der Waals surface area contributed by atoms with E-state index in [-0.39, 0.29) is 0 Å². The zero-order chi connectivity index (χ0) is 16.8. The van der Waals surface area contributed by atoms with Crippen LogP contribution in [0.4, 0.5) is 4.79 Å². The zero-order valence-corrected chi connectivity index (χ0v) is 13.9. The lowest BCUT2D eigenvalue weighted by molar-refractivity contribution is 0.254. The summed E-state index contributed by atoms with van der Waals surface area (Å²) in [5, 5.41) is 0. The Labute approximate surface area is 146 Å². The number of rotatable bonds is 5. The molecule has 3 N–H and O–H groups in total. The van der Waals surface area contributed by atoms with Crippen molar-refractivity contribution in [1.29, 1.82) is 0 Å². The van der Waals surface area contributed by atoms with Gasteiger partial charge in [0.1, 0.15) is 4.75 Å². The van der Waals surface area contributed by atoms with E-state index in [1.807, 2.05) is 54.6 Å². The Morgan fingerprint density at radius 1 is 0.708 bits per heavy atom. The third-order valence-electron chi connectivity index (χ3n) is 3.85. The maximum atomic E-state index is 11.4. The van der Waals surface area contributed by atoms with Gasteiger partial charge in [-0.05, 0) is 28.6 Å². The van der Waals surface area contributed by atoms with Crippen molar-refractivity contribution in [2.24, 2.45) is 5.73 Å². The summed E-state index contributed by atoms with van der Waals surface area (Å²) in [6, 6.07) is 29.8. The summed E-state index contributed by atoms with van der Waals surface area (Å²) in [5.74, 6) is 0. The smallest absolute Gasteiger partial charge is 0.322 e. The second-order valence-corrected chi connectivity index (χ2v) is 6.37. The van der Waals surface area contributed by atoms with Crippen LogP contribution in [0.5, 0.6) is 0 Å². The fourth-order valence-corrected chi connectivity index (χ4v) is 3.84. The van der Waals surface area contributed by atoms with E-state index in [9.17, 15) is 4.79 Å². The van der Waals surface area contributed by atoms with Crippen molar-refractivity contribution < 1.29 is 4.79 Å². The third-order valence-corrected chi connectivity index (χ3v) is 5.16. The molecule has 0 aliphatic rings. The van der Waals surface area contributed by atoms with Crippen LogP contribution in [0.25, 0.3) is 0 Å². The molecule has 120 valence electrons. The molecule has 0 aliphatic carbocycles. The molecular weight excluding hydrogens is 316 g/mol. The van der Waals surface area contributed by atoms with E-state index in [1.54, 1.807) is 0 Å². The Morgan fingerprint density at radius 2 is 1.04 bits per heavy atom. The van der Waals surface area contributed by atoms with Gasteiger partial charge in [-0.1, -0.05) is 91.0 Å². The summed E-state index contributed by atoms with van der Waals surface area (Å²) >= 11 is 1.31. The van der Waals surface area contributed by atoms with Crippen molar-refractivity contribution in [1.82, 2.24) is 4.72 Å². The molecule has 0 spiro atoms. The summed E-state index contributed by atoms with van der Waals surface area (Å²) in [6.07, 6.45) is 0. The highest BCUT2D eigenvalue weighted by Crippen LogP contribution is 2.46. The van der Waals surface area contributed by atoms with Gasteiger partial charge in [0.15, 0.2) is 0 Å². The largest absolute Gasteiger partial charge is 0.351 e. The van der Waals surface area contributed by atoms with Crippen molar-refractivity contribution in [3.05, 3.63) is 108 Å². The molecule has 3 aromatic rings. The van der Waals surface area contributed by atoms with E-state index in [1.165, 1.54) is 11.9 Å². The zero-order valence-electron chi connectivity index (χ0n) is 13.1. The lowest BCUT2D eigenvalue weighted by Gasteiger charge is -2.34. The Hall–Kier alpha value is -2.72. The van der Waals surface area contributed by atoms with E-state index < -0.39 is 10.8 Å². The molecule has 0 aliphatic heterocycles. The summed E-state index contributed by atoms with van der Waals surface area (Å²) in [7, 11) is 0. The van der Waals surface area contributed by atoms with Gasteiger partial charge in [0, 0.05) is 0 Å². The van der Waals surface area contributed by atoms with E-state index in [2.05, 4.69) is 41.1 Å². The van der Waals surface area contributed by atoms with Crippen LogP contribution in [0.15, 0.2) is 91.0 Å². The number of carbonyl (C=O) groups excluding carboxylic acids is 1. The summed E-state index contributed by atoms with van der Waals surface area (Å²) < 4.78 is 2.15. The van der Waals surface area contributed by atoms with Gasteiger partial charge in [-0.25, -0.2) is 4.79 Å². The SMILES string of the molecule is NC(=O)NSC(c1ccccc1)(c1ccccc1)c1ccccc1. The number of carbonyl (C=O) groups is 1. The first-order chi connectivity index (χ1) is 11.7. The Bertz CT molecular complexity index is 695. The molecule has 0 unspecified atom stereocenters. The Balaban J connectivity index is 2.26. The number of amides is 2. The van der Waals surface area contributed by atoms with E-state index in [4.69, 9.17) is 5.73 Å². The topological polar surface area (TPSA) is 55.1 Å². The van der Waals surface area contributed by atoms with Gasteiger partial charge < -0.3 is 5.73 Å². The standard InChI is InChI=1S/C20H18N2OS/c21-19(23)22-24-20(16-10-4-1-5-11-16,17-12-6-2-7-13-17)18-14-8-3-9-15-18/h1-15H,(H3,21,22,23). The highest BCUT2D eigenvalue weighted by atomic mass is 32.2. The minimum absolute atomic E-state index is 0.563. The summed E-state index contributed by atoms with van der Waals surface area (Å²) in [4.78, 5) is 11.4. The Morgan fingerprint density at radius 3 is 1.33 bits per heavy atom. The second-order valence-electron chi connectivity index (χ2n) is 5.35. The number of primary amides is 1. The molecule has 4 heteroatoms. The third kappa shape index (κ3) is 3.14. The maximum absolute atomic E-state index is 11.4. The summed E-state index contributed by atoms with van der Waals surface area (Å²) in [5.41, 5.74) is 8.57. The fraction of sp³-hybridized carbons (Fsp3) is 0.0500. The molecule has 0 heterocycles. The first-order valence-corrected chi connectivity index (χ1v) is 8.45. The molecule has 0 fully saturated rings. The first kappa shape index (κ1) is 16.1. The predicted octanol–water partition coefficient (Wildman–Crippen LogP) is 4.30. The number of urea groups is 1. The molecule has 0 aromatic heterocycles. The Kier molecular flexibility index (Phi) is 4.87. The maximum Gasteiger partial charge on any atom is 0.322 e. The van der Waals surface area contributed by atoms with E-state index >= 15 is 0 Å². The van der Waals surface area contributed by atoms with E-state index in [0.29, 0.717) is 0 Å². The van der Waals surface area contributed by atoms with Gasteiger partial charge in [-0.2, -0.15) is 0 Å². The van der Waals surface area contributed by atoms with Crippen LogP contribution in [0.1, 0.15) is 16.7 Å². The molecule has 0 atom stereocenters. The minimum Gasteiger partial charge on any atom is -0.351 e. The number of hydrogen-bond donors (Lipinski definition) is 2. The van der Waals surface area contributed by atoms with Gasteiger partial charge in [0.2, 0.25) is 0 Å². The van der Waals surface area contributed by atoms with Gasteiger partial charge in [-0.15, -0.1) is 0 Å². The van der Waals surface area contributed by atoms with E-state index in [0.717, 1.165) is 16.7 Å². The second kappa shape index (κ2) is 7.23. The van der Waals surface area contributed by atoms with Crippen LogP contribution in [0.2, 0.25) is 0 Å². The van der Waals surface area contributed by atoms with Gasteiger partial charge in [0.25, 0.3) is 0 Å². The molecule has 0 saturated carbocycles. The highest BCUT2D eigenvalue weighted by Gasteiger charge is 2.37. The quantitative estimate of drug-likeness (QED) is 0.540. The molecule has 24 heavy (non-hydrogen) atoms. The monoisotopic (exact) mass is 334 g/mol. The predicted molar refractivity (Wildman–Crippen MR) is 99.5 cm³/mol. The van der Waals surface area contributed by atoms with Gasteiger partial charge >= 0.3 is 6.03 Å². The minimum atomic E-state index is -0.585. The average Bonchev–Trinajstić information content (AvgIpc) is 2.65. The number of nitrogens with two attached hydrogens (primary N) is 1. The molecule has 3 aromatic carbocycles. The molecule has 3 rings (SSSR count). The normalized spacial score (nSPS) is 11.0. The van der Waals surface area contributed by atoms with Crippen LogP contribution in [0.3, 0.4) is 0 Å². The van der Waals surface area contributed by atoms with Crippen LogP contribution in [0, 0.1) is 0 Å². The van der Waals surface area contributed by atoms with Gasteiger partial charge in [0.05, 0.1) is 0 Å². The number of hydrogen-bond acceptors (Lipinski definition) is 2. The van der Waals surface area contributed by atoms with Crippen LogP contribution < -0.4 is 10.5 Å². The molecule has 3 nitrogen and oxygen atoms in total. The first-order valence-electron chi connectivity index (χ1n) is 7.63. The van der Waals surface area contributed by atoms with Crippen molar-refractivity contribution in [2.75, 3.05) is 0 Å². The highest BCUT2D eigenvalue weighted by molar-refractivity contribution is 7.99. The van der Waals surface area contributed by atoms with Crippen LogP contribution >= 0.6 is 11.9 Å². The molecule has 0 radical (unpaired) electrons. The van der Waals surface area contributed by atoms with Crippen LogP contribution in [-0.2, 0) is 4.75 Å². The van der Waals surface area contributed by atoms with Gasteiger partial charge in [-0.3, -0.25) is 4.72 Å². The number of nitrogens with one attached hydrogen (secondary N) is 1. The molecule has 0 bridgehead atoms. The molecule has 2 amide bonds. The lowest BCUT2D eigenvalue weighted by atomic mass is 9.84. The van der Waals surface area contributed by atoms with Crippen molar-refractivity contribution in [2.45, 2.75) is 4.75 Å². The van der Waals surface area contributed by atoms with Crippen LogP contribution in [-0.4, -0.2) is 6.03 Å².